The number of nitrogens with zero attached hydrogens (tertiary/aromatic N) is 3. The van der Waals surface area contributed by atoms with Gasteiger partial charge < -0.3 is 24.3 Å². The fraction of sp³-hybridized carbons (Fsp3) is 0.464. The number of aromatic nitrogens is 2. The van der Waals surface area contributed by atoms with Gasteiger partial charge in [-0.1, -0.05) is 22.0 Å². The van der Waals surface area contributed by atoms with Gasteiger partial charge in [0.25, 0.3) is 0 Å². The van der Waals surface area contributed by atoms with Gasteiger partial charge in [-0.15, -0.1) is 0 Å². The highest BCUT2D eigenvalue weighted by Gasteiger charge is 2.21. The van der Waals surface area contributed by atoms with Crippen molar-refractivity contribution in [1.29, 1.82) is 0 Å². The largest absolute Gasteiger partial charge is 0.490 e. The molecule has 1 fully saturated rings. The Morgan fingerprint density at radius 1 is 1.08 bits per heavy atom. The van der Waals surface area contributed by atoms with Crippen molar-refractivity contribution in [2.24, 2.45) is 5.92 Å². The van der Waals surface area contributed by atoms with Crippen LogP contribution < -0.4 is 14.8 Å². The summed E-state index contributed by atoms with van der Waals surface area (Å²) in [5.74, 6) is 2.37. The summed E-state index contributed by atoms with van der Waals surface area (Å²) in [7, 11) is 1.65. The third-order valence-electron chi connectivity index (χ3n) is 6.48. The van der Waals surface area contributed by atoms with E-state index in [1.165, 1.54) is 6.33 Å². The Morgan fingerprint density at radius 3 is 2.63 bits per heavy atom. The number of hydrogen-bond donors (Lipinski definition) is 1. The van der Waals surface area contributed by atoms with Gasteiger partial charge >= 0.3 is 5.97 Å². The van der Waals surface area contributed by atoms with E-state index in [2.05, 4.69) is 36.1 Å². The number of methoxy groups -OCH3 is 1. The van der Waals surface area contributed by atoms with Crippen molar-refractivity contribution in [2.45, 2.75) is 26.2 Å². The predicted octanol–water partition coefficient (Wildman–Crippen LogP) is 5.21. The molecule has 0 unspecified atom stereocenters. The summed E-state index contributed by atoms with van der Waals surface area (Å²) in [4.78, 5) is 22.9. The molecular formula is C28H35BrN4O5. The first-order chi connectivity index (χ1) is 18.6. The van der Waals surface area contributed by atoms with Crippen LogP contribution in [0.3, 0.4) is 0 Å². The molecule has 1 aliphatic heterocycles. The van der Waals surface area contributed by atoms with Gasteiger partial charge in [0.05, 0.1) is 31.9 Å². The number of carbonyl (C=O) groups is 1. The summed E-state index contributed by atoms with van der Waals surface area (Å²) < 4.78 is 23.5. The van der Waals surface area contributed by atoms with Gasteiger partial charge in [-0.25, -0.2) is 9.97 Å². The summed E-state index contributed by atoms with van der Waals surface area (Å²) in [5.41, 5.74) is 1.67. The summed E-state index contributed by atoms with van der Waals surface area (Å²) in [6.07, 6.45) is 4.53. The van der Waals surface area contributed by atoms with E-state index in [0.29, 0.717) is 56.2 Å². The number of likely N-dealkylation sites (tertiary alicyclic amines) is 1. The number of halogens is 1. The normalized spacial score (nSPS) is 14.4. The zero-order chi connectivity index (χ0) is 26.7. The molecule has 0 atom stereocenters. The van der Waals surface area contributed by atoms with Crippen LogP contribution in [0.5, 0.6) is 11.5 Å². The lowest BCUT2D eigenvalue weighted by Gasteiger charge is -2.31. The van der Waals surface area contributed by atoms with Crippen molar-refractivity contribution < 1.29 is 23.7 Å². The third-order valence-corrected chi connectivity index (χ3v) is 6.98. The van der Waals surface area contributed by atoms with Crippen LogP contribution in [0, 0.1) is 5.92 Å². The van der Waals surface area contributed by atoms with E-state index in [0.717, 1.165) is 53.4 Å². The van der Waals surface area contributed by atoms with Gasteiger partial charge in [0, 0.05) is 28.7 Å². The molecule has 1 saturated heterocycles. The number of fused-ring (bicyclic) bond motifs is 1. The second-order valence-corrected chi connectivity index (χ2v) is 10.1. The van der Waals surface area contributed by atoms with Crippen molar-refractivity contribution >= 4 is 44.3 Å². The highest BCUT2D eigenvalue weighted by atomic mass is 79.9. The number of carbonyl (C=O) groups excluding carboxylic acids is 1. The van der Waals surface area contributed by atoms with E-state index in [4.69, 9.17) is 18.9 Å². The van der Waals surface area contributed by atoms with E-state index in [1.807, 2.05) is 43.3 Å². The Morgan fingerprint density at radius 2 is 1.87 bits per heavy atom. The van der Waals surface area contributed by atoms with Crippen LogP contribution in [-0.2, 0) is 14.3 Å². The first-order valence-corrected chi connectivity index (χ1v) is 13.8. The van der Waals surface area contributed by atoms with Gasteiger partial charge in [-0.3, -0.25) is 9.69 Å². The Balaban J connectivity index is 1.43. The summed E-state index contributed by atoms with van der Waals surface area (Å²) in [6, 6.07) is 11.8. The maximum Gasteiger partial charge on any atom is 0.320 e. The lowest BCUT2D eigenvalue weighted by molar-refractivity contribution is -0.144. The molecule has 1 aromatic heterocycles. The maximum atomic E-state index is 11.8. The van der Waals surface area contributed by atoms with Gasteiger partial charge in [0.15, 0.2) is 11.5 Å². The molecule has 4 rings (SSSR count). The third kappa shape index (κ3) is 8.02. The van der Waals surface area contributed by atoms with E-state index in [1.54, 1.807) is 7.11 Å². The topological polar surface area (TPSA) is 95.0 Å². The lowest BCUT2D eigenvalue weighted by Crippen LogP contribution is -2.38. The summed E-state index contributed by atoms with van der Waals surface area (Å²) in [6.45, 7) is 5.87. The standard InChI is InChI=1S/C28H35BrN4O5/c1-3-36-27(34)18-33-10-7-20(8-11-33)9-12-37-25-16-23-24(17-26(25)38-14-13-35-2)30-19-31-28(23)32-22-6-4-5-21(29)15-22/h4-6,15-17,19-20H,3,7-14,18H2,1-2H3,(H,30,31,32). The van der Waals surface area contributed by atoms with Crippen molar-refractivity contribution in [2.75, 3.05) is 58.5 Å². The van der Waals surface area contributed by atoms with Crippen LogP contribution in [0.15, 0.2) is 47.2 Å². The van der Waals surface area contributed by atoms with Crippen molar-refractivity contribution in [3.05, 3.63) is 47.2 Å². The number of rotatable bonds is 13. The molecule has 0 spiro atoms. The Bertz CT molecular complexity index is 1200. The molecule has 3 aromatic rings. The molecule has 0 amide bonds. The first-order valence-electron chi connectivity index (χ1n) is 13.0. The molecule has 1 N–H and O–H groups in total. The SMILES string of the molecule is CCOC(=O)CN1CCC(CCOc2cc3c(Nc4cccc(Br)c4)ncnc3cc2OCCOC)CC1. The zero-order valence-electron chi connectivity index (χ0n) is 22.0. The molecule has 10 heteroatoms. The minimum Gasteiger partial charge on any atom is -0.490 e. The Kier molecular flexibility index (Phi) is 10.5. The van der Waals surface area contributed by atoms with Crippen LogP contribution in [0.25, 0.3) is 10.9 Å². The fourth-order valence-corrected chi connectivity index (χ4v) is 4.88. The molecule has 38 heavy (non-hydrogen) atoms. The molecule has 204 valence electrons. The van der Waals surface area contributed by atoms with Crippen molar-refractivity contribution in [1.82, 2.24) is 14.9 Å². The number of benzene rings is 2. The molecule has 2 aromatic carbocycles. The molecule has 9 nitrogen and oxygen atoms in total. The van der Waals surface area contributed by atoms with Crippen molar-refractivity contribution in [3.63, 3.8) is 0 Å². The first kappa shape index (κ1) is 28.1. The van der Waals surface area contributed by atoms with Gasteiger partial charge in [0.1, 0.15) is 18.8 Å². The summed E-state index contributed by atoms with van der Waals surface area (Å²) in [5, 5.41) is 4.23. The zero-order valence-corrected chi connectivity index (χ0v) is 23.5. The minimum absolute atomic E-state index is 0.149. The molecule has 2 heterocycles. The number of hydrogen-bond acceptors (Lipinski definition) is 9. The summed E-state index contributed by atoms with van der Waals surface area (Å²) >= 11 is 3.51. The number of esters is 1. The van der Waals surface area contributed by atoms with Crippen LogP contribution >= 0.6 is 15.9 Å². The lowest BCUT2D eigenvalue weighted by atomic mass is 9.94. The van der Waals surface area contributed by atoms with Crippen LogP contribution in [0.4, 0.5) is 11.5 Å². The molecule has 0 radical (unpaired) electrons. The monoisotopic (exact) mass is 586 g/mol. The van der Waals surface area contributed by atoms with E-state index in [-0.39, 0.29) is 5.97 Å². The Hall–Kier alpha value is -2.95. The predicted molar refractivity (Wildman–Crippen MR) is 150 cm³/mol. The Labute approximate surface area is 232 Å². The van der Waals surface area contributed by atoms with Gasteiger partial charge in [-0.05, 0) is 69.5 Å². The highest BCUT2D eigenvalue weighted by Crippen LogP contribution is 2.35. The second-order valence-electron chi connectivity index (χ2n) is 9.18. The minimum atomic E-state index is -0.149. The quantitative estimate of drug-likeness (QED) is 0.214. The number of nitrogens with one attached hydrogen (secondary N) is 1. The van der Waals surface area contributed by atoms with Crippen molar-refractivity contribution in [3.8, 4) is 11.5 Å². The average molecular weight is 588 g/mol. The smallest absolute Gasteiger partial charge is 0.320 e. The maximum absolute atomic E-state index is 11.8. The van der Waals surface area contributed by atoms with Gasteiger partial charge in [-0.2, -0.15) is 0 Å². The number of anilines is 2. The molecule has 0 bridgehead atoms. The second kappa shape index (κ2) is 14.3. The molecule has 0 saturated carbocycles. The average Bonchev–Trinajstić information content (AvgIpc) is 2.90. The molecule has 0 aliphatic carbocycles. The fourth-order valence-electron chi connectivity index (χ4n) is 4.49. The van der Waals surface area contributed by atoms with E-state index in [9.17, 15) is 4.79 Å². The number of piperidine rings is 1. The van der Waals surface area contributed by atoms with Crippen LogP contribution in [0.2, 0.25) is 0 Å². The van der Waals surface area contributed by atoms with Gasteiger partial charge in [0.2, 0.25) is 0 Å². The molecular weight excluding hydrogens is 552 g/mol. The van der Waals surface area contributed by atoms with Crippen LogP contribution in [0.1, 0.15) is 26.2 Å². The van der Waals surface area contributed by atoms with Crippen LogP contribution in [-0.4, -0.2) is 74.0 Å². The number of ether oxygens (including phenoxy) is 4. The molecule has 1 aliphatic rings. The van der Waals surface area contributed by atoms with E-state index >= 15 is 0 Å². The highest BCUT2D eigenvalue weighted by molar-refractivity contribution is 9.10. The van der Waals surface area contributed by atoms with E-state index < -0.39 is 0 Å².